The zero-order chi connectivity index (χ0) is 12.8. The van der Waals surface area contributed by atoms with Crippen LogP contribution in [0.2, 0.25) is 0 Å². The SMILES string of the molecule is COCCNCc1cn(Cc2csc(C)n2)nn1. The van der Waals surface area contributed by atoms with Crippen LogP contribution in [0.3, 0.4) is 0 Å². The van der Waals surface area contributed by atoms with Gasteiger partial charge in [-0.05, 0) is 6.92 Å². The molecule has 2 rings (SSSR count). The molecule has 6 nitrogen and oxygen atoms in total. The van der Waals surface area contributed by atoms with Gasteiger partial charge in [-0.15, -0.1) is 16.4 Å². The van der Waals surface area contributed by atoms with Crippen LogP contribution in [0.15, 0.2) is 11.6 Å². The van der Waals surface area contributed by atoms with Crippen molar-refractivity contribution in [2.75, 3.05) is 20.3 Å². The molecule has 0 fully saturated rings. The average Bonchev–Trinajstić information content (AvgIpc) is 2.95. The number of aryl methyl sites for hydroxylation is 1. The molecule has 0 aliphatic rings. The van der Waals surface area contributed by atoms with Gasteiger partial charge in [-0.25, -0.2) is 9.67 Å². The summed E-state index contributed by atoms with van der Waals surface area (Å²) in [5, 5.41) is 14.5. The van der Waals surface area contributed by atoms with E-state index >= 15 is 0 Å². The van der Waals surface area contributed by atoms with Crippen LogP contribution >= 0.6 is 11.3 Å². The molecule has 0 spiro atoms. The van der Waals surface area contributed by atoms with Crippen molar-refractivity contribution in [1.82, 2.24) is 25.3 Å². The van der Waals surface area contributed by atoms with E-state index in [0.29, 0.717) is 19.7 Å². The van der Waals surface area contributed by atoms with Gasteiger partial charge in [0.1, 0.15) is 0 Å². The van der Waals surface area contributed by atoms with Gasteiger partial charge in [-0.3, -0.25) is 0 Å². The summed E-state index contributed by atoms with van der Waals surface area (Å²) in [5.74, 6) is 0. The summed E-state index contributed by atoms with van der Waals surface area (Å²) in [6.45, 7) is 4.90. The Balaban J connectivity index is 1.82. The number of ether oxygens (including phenoxy) is 1. The first-order valence-electron chi connectivity index (χ1n) is 5.77. The molecule has 2 heterocycles. The fourth-order valence-corrected chi connectivity index (χ4v) is 2.14. The molecular weight excluding hydrogens is 250 g/mol. The zero-order valence-corrected chi connectivity index (χ0v) is 11.4. The molecule has 0 aliphatic heterocycles. The van der Waals surface area contributed by atoms with Gasteiger partial charge in [0.15, 0.2) is 0 Å². The largest absolute Gasteiger partial charge is 0.383 e. The predicted molar refractivity (Wildman–Crippen MR) is 69.6 cm³/mol. The van der Waals surface area contributed by atoms with E-state index in [1.807, 2.05) is 23.2 Å². The summed E-state index contributed by atoms with van der Waals surface area (Å²) in [6, 6.07) is 0. The van der Waals surface area contributed by atoms with E-state index in [1.54, 1.807) is 18.4 Å². The Hall–Kier alpha value is -1.31. The van der Waals surface area contributed by atoms with Crippen molar-refractivity contribution in [2.24, 2.45) is 0 Å². The molecule has 0 saturated carbocycles. The summed E-state index contributed by atoms with van der Waals surface area (Å²) < 4.78 is 6.76. The van der Waals surface area contributed by atoms with Gasteiger partial charge >= 0.3 is 0 Å². The van der Waals surface area contributed by atoms with Crippen LogP contribution < -0.4 is 5.32 Å². The monoisotopic (exact) mass is 267 g/mol. The van der Waals surface area contributed by atoms with Gasteiger partial charge in [-0.2, -0.15) is 0 Å². The van der Waals surface area contributed by atoms with Crippen molar-refractivity contribution in [1.29, 1.82) is 0 Å². The Kier molecular flexibility index (Phi) is 4.80. The van der Waals surface area contributed by atoms with Crippen molar-refractivity contribution in [3.05, 3.63) is 28.0 Å². The van der Waals surface area contributed by atoms with Crippen LogP contribution in [0.25, 0.3) is 0 Å². The number of nitrogens with one attached hydrogen (secondary N) is 1. The molecule has 0 radical (unpaired) electrons. The topological polar surface area (TPSA) is 64.9 Å². The Morgan fingerprint density at radius 1 is 1.44 bits per heavy atom. The average molecular weight is 267 g/mol. The minimum absolute atomic E-state index is 0.676. The Morgan fingerprint density at radius 3 is 3.06 bits per heavy atom. The van der Waals surface area contributed by atoms with Crippen molar-refractivity contribution in [3.8, 4) is 0 Å². The molecule has 0 unspecified atom stereocenters. The van der Waals surface area contributed by atoms with Gasteiger partial charge in [0.2, 0.25) is 0 Å². The molecule has 0 saturated heterocycles. The van der Waals surface area contributed by atoms with Crippen LogP contribution in [0.4, 0.5) is 0 Å². The van der Waals surface area contributed by atoms with Gasteiger partial charge in [0.05, 0.1) is 35.7 Å². The molecule has 0 aliphatic carbocycles. The highest BCUT2D eigenvalue weighted by Gasteiger charge is 2.03. The van der Waals surface area contributed by atoms with Crippen LogP contribution in [0, 0.1) is 6.92 Å². The first-order valence-corrected chi connectivity index (χ1v) is 6.65. The molecule has 0 atom stereocenters. The molecule has 2 aromatic heterocycles. The third-order valence-electron chi connectivity index (χ3n) is 2.37. The van der Waals surface area contributed by atoms with Gasteiger partial charge in [-0.1, -0.05) is 5.21 Å². The third kappa shape index (κ3) is 3.86. The predicted octanol–water partition coefficient (Wildman–Crippen LogP) is 0.827. The number of rotatable bonds is 7. The lowest BCUT2D eigenvalue weighted by Gasteiger charge is -1.99. The van der Waals surface area contributed by atoms with E-state index in [-0.39, 0.29) is 0 Å². The molecular formula is C11H17N5OS. The number of hydrogen-bond acceptors (Lipinski definition) is 6. The Labute approximate surface area is 110 Å². The second-order valence-electron chi connectivity index (χ2n) is 3.93. The lowest BCUT2D eigenvalue weighted by Crippen LogP contribution is -2.18. The Bertz CT molecular complexity index is 481. The Morgan fingerprint density at radius 2 is 2.33 bits per heavy atom. The van der Waals surface area contributed by atoms with Gasteiger partial charge in [0, 0.05) is 25.6 Å². The minimum Gasteiger partial charge on any atom is -0.383 e. The standard InChI is InChI=1S/C11H17N5OS/c1-9-13-11(8-18-9)7-16-6-10(14-15-16)5-12-3-4-17-2/h6,8,12H,3-5,7H2,1-2H3. The summed E-state index contributed by atoms with van der Waals surface area (Å²) in [6.07, 6.45) is 1.94. The first kappa shape index (κ1) is 13.1. The van der Waals surface area contributed by atoms with Crippen molar-refractivity contribution in [2.45, 2.75) is 20.0 Å². The summed E-state index contributed by atoms with van der Waals surface area (Å²) >= 11 is 1.65. The number of hydrogen-bond donors (Lipinski definition) is 1. The second-order valence-corrected chi connectivity index (χ2v) is 5.00. The fourth-order valence-electron chi connectivity index (χ4n) is 1.53. The number of methoxy groups -OCH3 is 1. The maximum absolute atomic E-state index is 4.96. The molecule has 2 aromatic rings. The van der Waals surface area contributed by atoms with Crippen LogP contribution in [0.5, 0.6) is 0 Å². The zero-order valence-electron chi connectivity index (χ0n) is 10.6. The first-order chi connectivity index (χ1) is 8.78. The molecule has 0 bridgehead atoms. The summed E-state index contributed by atoms with van der Waals surface area (Å²) in [4.78, 5) is 4.40. The highest BCUT2D eigenvalue weighted by molar-refractivity contribution is 7.09. The second kappa shape index (κ2) is 6.58. The van der Waals surface area contributed by atoms with Crippen molar-refractivity contribution < 1.29 is 4.74 Å². The van der Waals surface area contributed by atoms with E-state index < -0.39 is 0 Å². The normalized spacial score (nSPS) is 11.0. The number of thiazole rings is 1. The number of aromatic nitrogens is 4. The van der Waals surface area contributed by atoms with E-state index in [4.69, 9.17) is 4.74 Å². The molecule has 18 heavy (non-hydrogen) atoms. The van der Waals surface area contributed by atoms with E-state index in [1.165, 1.54) is 0 Å². The molecule has 1 N–H and O–H groups in total. The maximum Gasteiger partial charge on any atom is 0.0965 e. The molecule has 98 valence electrons. The smallest absolute Gasteiger partial charge is 0.0965 e. The van der Waals surface area contributed by atoms with E-state index in [9.17, 15) is 0 Å². The van der Waals surface area contributed by atoms with Crippen molar-refractivity contribution >= 4 is 11.3 Å². The van der Waals surface area contributed by atoms with Crippen LogP contribution in [-0.4, -0.2) is 40.2 Å². The quantitative estimate of drug-likeness (QED) is 0.753. The van der Waals surface area contributed by atoms with Crippen LogP contribution in [-0.2, 0) is 17.8 Å². The lowest BCUT2D eigenvalue weighted by molar-refractivity contribution is 0.199. The number of nitrogens with zero attached hydrogens (tertiary/aromatic N) is 4. The van der Waals surface area contributed by atoms with Crippen molar-refractivity contribution in [3.63, 3.8) is 0 Å². The fraction of sp³-hybridized carbons (Fsp3) is 0.545. The van der Waals surface area contributed by atoms with E-state index in [0.717, 1.165) is 22.9 Å². The molecule has 0 amide bonds. The highest BCUT2D eigenvalue weighted by atomic mass is 32.1. The van der Waals surface area contributed by atoms with E-state index in [2.05, 4.69) is 20.6 Å². The van der Waals surface area contributed by atoms with Gasteiger partial charge in [0.25, 0.3) is 0 Å². The van der Waals surface area contributed by atoms with Gasteiger partial charge < -0.3 is 10.1 Å². The highest BCUT2D eigenvalue weighted by Crippen LogP contribution is 2.09. The summed E-state index contributed by atoms with van der Waals surface area (Å²) in [7, 11) is 1.69. The minimum atomic E-state index is 0.676. The molecule has 0 aromatic carbocycles. The summed E-state index contributed by atoms with van der Waals surface area (Å²) in [5.41, 5.74) is 1.96. The maximum atomic E-state index is 4.96. The van der Waals surface area contributed by atoms with Crippen LogP contribution in [0.1, 0.15) is 16.4 Å². The molecule has 7 heteroatoms. The third-order valence-corrected chi connectivity index (χ3v) is 3.19. The lowest BCUT2D eigenvalue weighted by atomic mass is 10.4.